The van der Waals surface area contributed by atoms with Crippen LogP contribution in [0.3, 0.4) is 0 Å². The molecule has 2 fully saturated rings. The van der Waals surface area contributed by atoms with Gasteiger partial charge in [0.1, 0.15) is 0 Å². The van der Waals surface area contributed by atoms with Crippen LogP contribution < -0.4 is 5.73 Å². The molecule has 0 spiro atoms. The number of hydrogen-bond acceptors (Lipinski definition) is 3. The van der Waals surface area contributed by atoms with Crippen molar-refractivity contribution in [3.63, 3.8) is 0 Å². The van der Waals surface area contributed by atoms with Crippen molar-refractivity contribution in [3.8, 4) is 0 Å². The summed E-state index contributed by atoms with van der Waals surface area (Å²) in [6.07, 6.45) is 9.45. The SMILES string of the molecule is CC1CCCC(CN)(N(C)CCCN2CCCC2)C1. The molecule has 1 saturated heterocycles. The average molecular weight is 267 g/mol. The lowest BCUT2D eigenvalue weighted by Crippen LogP contribution is -2.55. The van der Waals surface area contributed by atoms with Gasteiger partial charge in [0.25, 0.3) is 0 Å². The molecular formula is C16H33N3. The molecule has 2 unspecified atom stereocenters. The minimum atomic E-state index is 0.294. The fourth-order valence-electron chi connectivity index (χ4n) is 4.10. The zero-order chi connectivity index (χ0) is 13.7. The fourth-order valence-corrected chi connectivity index (χ4v) is 4.10. The Labute approximate surface area is 119 Å². The molecule has 2 aliphatic rings. The van der Waals surface area contributed by atoms with Crippen molar-refractivity contribution < 1.29 is 0 Å². The summed E-state index contributed by atoms with van der Waals surface area (Å²) in [5.41, 5.74) is 6.44. The van der Waals surface area contributed by atoms with E-state index in [1.165, 1.54) is 71.1 Å². The molecule has 1 aliphatic heterocycles. The number of hydrogen-bond donors (Lipinski definition) is 1. The second-order valence-corrected chi connectivity index (χ2v) is 6.95. The normalized spacial score (nSPS) is 33.2. The van der Waals surface area contributed by atoms with Crippen LogP contribution in [0.2, 0.25) is 0 Å². The molecule has 0 aromatic carbocycles. The highest BCUT2D eigenvalue weighted by Gasteiger charge is 2.36. The highest BCUT2D eigenvalue weighted by Crippen LogP contribution is 2.35. The van der Waals surface area contributed by atoms with Gasteiger partial charge in [-0.05, 0) is 71.2 Å². The van der Waals surface area contributed by atoms with Crippen LogP contribution in [0.25, 0.3) is 0 Å². The van der Waals surface area contributed by atoms with Crippen LogP contribution in [0.15, 0.2) is 0 Å². The Morgan fingerprint density at radius 2 is 2.00 bits per heavy atom. The van der Waals surface area contributed by atoms with Crippen LogP contribution in [0.4, 0.5) is 0 Å². The number of rotatable bonds is 6. The molecular weight excluding hydrogens is 234 g/mol. The summed E-state index contributed by atoms with van der Waals surface area (Å²) in [4.78, 5) is 5.20. The number of likely N-dealkylation sites (tertiary alicyclic amines) is 1. The van der Waals surface area contributed by atoms with Crippen LogP contribution in [0.5, 0.6) is 0 Å². The lowest BCUT2D eigenvalue weighted by molar-refractivity contribution is 0.0587. The first-order valence-corrected chi connectivity index (χ1v) is 8.30. The minimum Gasteiger partial charge on any atom is -0.329 e. The molecule has 1 saturated carbocycles. The molecule has 0 aromatic heterocycles. The summed E-state index contributed by atoms with van der Waals surface area (Å²) in [6.45, 7) is 8.35. The Kier molecular flexibility index (Phi) is 5.67. The Hall–Kier alpha value is -0.120. The second kappa shape index (κ2) is 7.05. The van der Waals surface area contributed by atoms with E-state index in [-0.39, 0.29) is 0 Å². The molecule has 3 nitrogen and oxygen atoms in total. The van der Waals surface area contributed by atoms with Gasteiger partial charge in [0, 0.05) is 12.1 Å². The van der Waals surface area contributed by atoms with Crippen LogP contribution in [-0.4, -0.2) is 55.1 Å². The van der Waals surface area contributed by atoms with E-state index in [1.54, 1.807) is 0 Å². The van der Waals surface area contributed by atoms with E-state index in [1.807, 2.05) is 0 Å². The van der Waals surface area contributed by atoms with Gasteiger partial charge in [0.05, 0.1) is 0 Å². The highest BCUT2D eigenvalue weighted by molar-refractivity contribution is 4.94. The van der Waals surface area contributed by atoms with E-state index in [4.69, 9.17) is 5.73 Å². The first kappa shape index (κ1) is 15.3. The topological polar surface area (TPSA) is 32.5 Å². The summed E-state index contributed by atoms with van der Waals surface area (Å²) in [7, 11) is 2.30. The van der Waals surface area contributed by atoms with Gasteiger partial charge in [-0.25, -0.2) is 0 Å². The number of nitrogens with zero attached hydrogens (tertiary/aromatic N) is 2. The van der Waals surface area contributed by atoms with Crippen LogP contribution in [-0.2, 0) is 0 Å². The first-order valence-electron chi connectivity index (χ1n) is 8.30. The molecule has 3 heteroatoms. The molecule has 112 valence electrons. The van der Waals surface area contributed by atoms with Gasteiger partial charge in [-0.2, -0.15) is 0 Å². The Morgan fingerprint density at radius 1 is 1.26 bits per heavy atom. The zero-order valence-electron chi connectivity index (χ0n) is 13.0. The second-order valence-electron chi connectivity index (χ2n) is 6.95. The van der Waals surface area contributed by atoms with Crippen molar-refractivity contribution in [3.05, 3.63) is 0 Å². The van der Waals surface area contributed by atoms with E-state index in [0.29, 0.717) is 5.54 Å². The maximum absolute atomic E-state index is 6.14. The predicted molar refractivity (Wildman–Crippen MR) is 82.3 cm³/mol. The monoisotopic (exact) mass is 267 g/mol. The third-order valence-electron chi connectivity index (χ3n) is 5.42. The lowest BCUT2D eigenvalue weighted by Gasteiger charge is -2.46. The maximum atomic E-state index is 6.14. The van der Waals surface area contributed by atoms with Gasteiger partial charge >= 0.3 is 0 Å². The van der Waals surface area contributed by atoms with Gasteiger partial charge in [-0.15, -0.1) is 0 Å². The minimum absolute atomic E-state index is 0.294. The Morgan fingerprint density at radius 3 is 2.63 bits per heavy atom. The van der Waals surface area contributed by atoms with Crippen LogP contribution >= 0.6 is 0 Å². The van der Waals surface area contributed by atoms with Crippen molar-refractivity contribution in [1.82, 2.24) is 9.80 Å². The molecule has 0 amide bonds. The van der Waals surface area contributed by atoms with Crippen LogP contribution in [0.1, 0.15) is 51.9 Å². The lowest BCUT2D eigenvalue weighted by atomic mass is 9.75. The van der Waals surface area contributed by atoms with Crippen molar-refractivity contribution in [2.24, 2.45) is 11.7 Å². The summed E-state index contributed by atoms with van der Waals surface area (Å²) >= 11 is 0. The van der Waals surface area contributed by atoms with E-state index in [9.17, 15) is 0 Å². The molecule has 0 aromatic rings. The van der Waals surface area contributed by atoms with E-state index >= 15 is 0 Å². The molecule has 1 aliphatic carbocycles. The fraction of sp³-hybridized carbons (Fsp3) is 1.00. The van der Waals surface area contributed by atoms with Crippen LogP contribution in [0, 0.1) is 5.92 Å². The van der Waals surface area contributed by atoms with Gasteiger partial charge in [0.15, 0.2) is 0 Å². The highest BCUT2D eigenvalue weighted by atomic mass is 15.2. The first-order chi connectivity index (χ1) is 9.16. The largest absolute Gasteiger partial charge is 0.329 e. The molecule has 0 bridgehead atoms. The number of likely N-dealkylation sites (N-methyl/N-ethyl adjacent to an activating group) is 1. The molecule has 1 heterocycles. The zero-order valence-corrected chi connectivity index (χ0v) is 13.0. The molecule has 0 radical (unpaired) electrons. The van der Waals surface area contributed by atoms with Gasteiger partial charge in [-0.1, -0.05) is 19.8 Å². The predicted octanol–water partition coefficient (Wildman–Crippen LogP) is 2.31. The summed E-state index contributed by atoms with van der Waals surface area (Å²) in [6, 6.07) is 0. The van der Waals surface area contributed by atoms with Crippen molar-refractivity contribution in [2.45, 2.75) is 57.4 Å². The third kappa shape index (κ3) is 3.93. The standard InChI is InChI=1S/C16H33N3/c1-15-7-5-8-16(13-15,14-17)18(2)9-6-12-19-10-3-4-11-19/h15H,3-14,17H2,1-2H3. The molecule has 2 atom stereocenters. The molecule has 19 heavy (non-hydrogen) atoms. The van der Waals surface area contributed by atoms with Crippen molar-refractivity contribution in [1.29, 1.82) is 0 Å². The average Bonchev–Trinajstić information content (AvgIpc) is 2.91. The Balaban J connectivity index is 1.77. The van der Waals surface area contributed by atoms with Gasteiger partial charge in [-0.3, -0.25) is 4.90 Å². The Bertz CT molecular complexity index is 263. The van der Waals surface area contributed by atoms with Gasteiger partial charge in [0.2, 0.25) is 0 Å². The van der Waals surface area contributed by atoms with E-state index < -0.39 is 0 Å². The van der Waals surface area contributed by atoms with E-state index in [0.717, 1.165) is 12.5 Å². The summed E-state index contributed by atoms with van der Waals surface area (Å²) in [5, 5.41) is 0. The van der Waals surface area contributed by atoms with Crippen molar-refractivity contribution in [2.75, 3.05) is 39.8 Å². The summed E-state index contributed by atoms with van der Waals surface area (Å²) < 4.78 is 0. The smallest absolute Gasteiger partial charge is 0.0331 e. The van der Waals surface area contributed by atoms with Crippen molar-refractivity contribution >= 4 is 0 Å². The maximum Gasteiger partial charge on any atom is 0.0331 e. The number of nitrogens with two attached hydrogens (primary N) is 1. The molecule has 2 N–H and O–H groups in total. The van der Waals surface area contributed by atoms with Gasteiger partial charge < -0.3 is 10.6 Å². The summed E-state index contributed by atoms with van der Waals surface area (Å²) in [5.74, 6) is 0.846. The quantitative estimate of drug-likeness (QED) is 0.801. The van der Waals surface area contributed by atoms with E-state index in [2.05, 4.69) is 23.8 Å². The third-order valence-corrected chi connectivity index (χ3v) is 5.42. The molecule has 2 rings (SSSR count).